The van der Waals surface area contributed by atoms with Gasteiger partial charge in [-0.2, -0.15) is 0 Å². The highest BCUT2D eigenvalue weighted by atomic mass is 35.5. The van der Waals surface area contributed by atoms with Crippen molar-refractivity contribution in [2.45, 2.75) is 19.3 Å². The van der Waals surface area contributed by atoms with Crippen molar-refractivity contribution in [3.63, 3.8) is 0 Å². The second kappa shape index (κ2) is 8.77. The molecule has 0 unspecified atom stereocenters. The Kier molecular flexibility index (Phi) is 6.94. The number of nitrogens with zero attached hydrogens (tertiary/aromatic N) is 2. The molecule has 2 aliphatic rings. The maximum atomic E-state index is 13.3. The molecule has 1 aromatic rings. The lowest BCUT2D eigenvalue weighted by molar-refractivity contribution is -0.138. The predicted octanol–water partition coefficient (Wildman–Crippen LogP) is 2.05. The molecule has 1 aromatic carbocycles. The molecule has 1 aliphatic heterocycles. The van der Waals surface area contributed by atoms with E-state index in [1.807, 2.05) is 0 Å². The number of halogens is 3. The van der Waals surface area contributed by atoms with E-state index < -0.39 is 11.6 Å². The lowest BCUT2D eigenvalue weighted by Gasteiger charge is -2.36. The Morgan fingerprint density at radius 1 is 1.04 bits per heavy atom. The number of piperazine rings is 1. The fraction of sp³-hybridized carbons (Fsp3) is 0.556. The summed E-state index contributed by atoms with van der Waals surface area (Å²) < 4.78 is 26.3. The van der Waals surface area contributed by atoms with E-state index >= 15 is 0 Å². The topological polar surface area (TPSA) is 66.6 Å². The summed E-state index contributed by atoms with van der Waals surface area (Å²) >= 11 is 0. The van der Waals surface area contributed by atoms with Gasteiger partial charge in [0.1, 0.15) is 0 Å². The average Bonchev–Trinajstić information content (AvgIpc) is 3.11. The molecule has 26 heavy (non-hydrogen) atoms. The van der Waals surface area contributed by atoms with Gasteiger partial charge in [-0.1, -0.05) is 6.42 Å². The molecule has 8 heteroatoms. The fourth-order valence-corrected chi connectivity index (χ4v) is 3.82. The van der Waals surface area contributed by atoms with Crippen LogP contribution in [0.25, 0.3) is 0 Å². The lowest BCUT2D eigenvalue weighted by Crippen LogP contribution is -2.52. The monoisotopic (exact) mass is 387 g/mol. The molecule has 0 bridgehead atoms. The van der Waals surface area contributed by atoms with Gasteiger partial charge in [0.15, 0.2) is 11.6 Å². The lowest BCUT2D eigenvalue weighted by atomic mass is 9.94. The molecule has 1 saturated heterocycles. The van der Waals surface area contributed by atoms with Crippen LogP contribution >= 0.6 is 12.4 Å². The summed E-state index contributed by atoms with van der Waals surface area (Å²) in [6.07, 6.45) is 2.92. The van der Waals surface area contributed by atoms with Crippen LogP contribution in [0.1, 0.15) is 29.6 Å². The first-order valence-electron chi connectivity index (χ1n) is 8.74. The SMILES string of the molecule is Cl.NC[C@H]1CCC[C@H]1C(=O)N1CCN(C(=O)c2ccc(F)c(F)c2)CC1. The van der Waals surface area contributed by atoms with Crippen molar-refractivity contribution in [2.24, 2.45) is 17.6 Å². The number of amides is 2. The highest BCUT2D eigenvalue weighted by molar-refractivity contribution is 5.94. The first-order chi connectivity index (χ1) is 12.0. The first kappa shape index (κ1) is 20.6. The zero-order chi connectivity index (χ0) is 18.0. The highest BCUT2D eigenvalue weighted by Gasteiger charge is 2.36. The van der Waals surface area contributed by atoms with Gasteiger partial charge in [0.2, 0.25) is 5.91 Å². The number of rotatable bonds is 3. The number of nitrogens with two attached hydrogens (primary N) is 1. The van der Waals surface area contributed by atoms with Gasteiger partial charge in [-0.3, -0.25) is 9.59 Å². The molecule has 2 N–H and O–H groups in total. The minimum absolute atomic E-state index is 0. The Labute approximate surface area is 157 Å². The summed E-state index contributed by atoms with van der Waals surface area (Å²) in [5, 5.41) is 0. The van der Waals surface area contributed by atoms with Gasteiger partial charge in [0.25, 0.3) is 5.91 Å². The van der Waals surface area contributed by atoms with Crippen molar-refractivity contribution < 1.29 is 18.4 Å². The van der Waals surface area contributed by atoms with Crippen LogP contribution in [0.5, 0.6) is 0 Å². The van der Waals surface area contributed by atoms with E-state index in [1.54, 1.807) is 9.80 Å². The van der Waals surface area contributed by atoms with E-state index in [4.69, 9.17) is 5.73 Å². The maximum Gasteiger partial charge on any atom is 0.254 e. The molecular formula is C18H24ClF2N3O2. The third-order valence-electron chi connectivity index (χ3n) is 5.32. The van der Waals surface area contributed by atoms with Crippen molar-refractivity contribution in [3.05, 3.63) is 35.4 Å². The van der Waals surface area contributed by atoms with Gasteiger partial charge in [-0.05, 0) is 43.5 Å². The largest absolute Gasteiger partial charge is 0.339 e. The van der Waals surface area contributed by atoms with Gasteiger partial charge in [0, 0.05) is 37.7 Å². The molecule has 2 amide bonds. The minimum atomic E-state index is -1.03. The number of carbonyl (C=O) groups excluding carboxylic acids is 2. The minimum Gasteiger partial charge on any atom is -0.339 e. The van der Waals surface area contributed by atoms with Gasteiger partial charge < -0.3 is 15.5 Å². The third kappa shape index (κ3) is 4.15. The Hall–Kier alpha value is -1.73. The summed E-state index contributed by atoms with van der Waals surface area (Å²) in [5.41, 5.74) is 5.88. The van der Waals surface area contributed by atoms with Gasteiger partial charge in [-0.25, -0.2) is 8.78 Å². The van der Waals surface area contributed by atoms with Gasteiger partial charge in [0.05, 0.1) is 0 Å². The van der Waals surface area contributed by atoms with E-state index in [2.05, 4.69) is 0 Å². The third-order valence-corrected chi connectivity index (χ3v) is 5.32. The van der Waals surface area contributed by atoms with Crippen LogP contribution in [0, 0.1) is 23.5 Å². The molecule has 1 saturated carbocycles. The predicted molar refractivity (Wildman–Crippen MR) is 96.0 cm³/mol. The van der Waals surface area contributed by atoms with E-state index in [1.165, 1.54) is 6.07 Å². The molecule has 2 fully saturated rings. The van der Waals surface area contributed by atoms with Crippen LogP contribution in [-0.4, -0.2) is 54.3 Å². The maximum absolute atomic E-state index is 13.3. The summed E-state index contributed by atoms with van der Waals surface area (Å²) in [6.45, 7) is 2.24. The smallest absolute Gasteiger partial charge is 0.254 e. The Bertz CT molecular complexity index is 666. The van der Waals surface area contributed by atoms with Crippen LogP contribution in [0.15, 0.2) is 18.2 Å². The van der Waals surface area contributed by atoms with E-state index in [0.29, 0.717) is 32.7 Å². The molecule has 0 spiro atoms. The van der Waals surface area contributed by atoms with Crippen LogP contribution in [0.3, 0.4) is 0 Å². The fourth-order valence-electron chi connectivity index (χ4n) is 3.82. The van der Waals surface area contributed by atoms with Crippen LogP contribution in [0.2, 0.25) is 0 Å². The van der Waals surface area contributed by atoms with Crippen LogP contribution in [0.4, 0.5) is 8.78 Å². The van der Waals surface area contributed by atoms with Crippen molar-refractivity contribution in [3.8, 4) is 0 Å². The summed E-state index contributed by atoms with van der Waals surface area (Å²) in [5.74, 6) is -1.96. The molecule has 5 nitrogen and oxygen atoms in total. The molecule has 3 rings (SSSR count). The van der Waals surface area contributed by atoms with Crippen molar-refractivity contribution in [1.29, 1.82) is 0 Å². The second-order valence-corrected chi connectivity index (χ2v) is 6.78. The quantitative estimate of drug-likeness (QED) is 0.863. The van der Waals surface area contributed by atoms with Crippen molar-refractivity contribution in [2.75, 3.05) is 32.7 Å². The van der Waals surface area contributed by atoms with E-state index in [0.717, 1.165) is 31.4 Å². The number of hydrogen-bond acceptors (Lipinski definition) is 3. The second-order valence-electron chi connectivity index (χ2n) is 6.78. The molecule has 0 radical (unpaired) electrons. The van der Waals surface area contributed by atoms with Gasteiger partial charge >= 0.3 is 0 Å². The number of benzene rings is 1. The van der Waals surface area contributed by atoms with E-state index in [9.17, 15) is 18.4 Å². The van der Waals surface area contributed by atoms with Crippen molar-refractivity contribution in [1.82, 2.24) is 9.80 Å². The van der Waals surface area contributed by atoms with Crippen LogP contribution in [-0.2, 0) is 4.79 Å². The standard InChI is InChI=1S/C18H23F2N3O2.ClH/c19-15-5-4-12(10-16(15)20)17(24)22-6-8-23(9-7-22)18(25)14-3-1-2-13(14)11-21;/h4-5,10,13-14H,1-3,6-9,11,21H2;1H/t13-,14-;/m1./s1. The highest BCUT2D eigenvalue weighted by Crippen LogP contribution is 2.32. The van der Waals surface area contributed by atoms with Crippen LogP contribution < -0.4 is 5.73 Å². The molecule has 1 heterocycles. The normalized spacial score (nSPS) is 22.9. The summed E-state index contributed by atoms with van der Waals surface area (Å²) in [6, 6.07) is 3.15. The molecule has 0 aromatic heterocycles. The molecule has 144 valence electrons. The average molecular weight is 388 g/mol. The van der Waals surface area contributed by atoms with Gasteiger partial charge in [-0.15, -0.1) is 12.4 Å². The molecule has 1 aliphatic carbocycles. The first-order valence-corrected chi connectivity index (χ1v) is 8.74. The Balaban J connectivity index is 0.00000243. The zero-order valence-corrected chi connectivity index (χ0v) is 15.3. The summed E-state index contributed by atoms with van der Waals surface area (Å²) in [4.78, 5) is 28.5. The number of hydrogen-bond donors (Lipinski definition) is 1. The van der Waals surface area contributed by atoms with E-state index in [-0.39, 0.29) is 41.6 Å². The summed E-state index contributed by atoms with van der Waals surface area (Å²) in [7, 11) is 0. The Morgan fingerprint density at radius 3 is 2.31 bits per heavy atom. The van der Waals surface area contributed by atoms with Crippen molar-refractivity contribution >= 4 is 24.2 Å². The molecule has 2 atom stereocenters. The zero-order valence-electron chi connectivity index (χ0n) is 14.5. The Morgan fingerprint density at radius 2 is 1.69 bits per heavy atom. The number of carbonyl (C=O) groups is 2. The molecular weight excluding hydrogens is 364 g/mol.